The lowest BCUT2D eigenvalue weighted by Crippen LogP contribution is -2.32. The van der Waals surface area contributed by atoms with Gasteiger partial charge in [0.15, 0.2) is 6.10 Å². The molecule has 0 aliphatic rings. The zero-order chi connectivity index (χ0) is 18.5. The van der Waals surface area contributed by atoms with E-state index >= 15 is 0 Å². The van der Waals surface area contributed by atoms with E-state index in [0.29, 0.717) is 18.8 Å². The Morgan fingerprint density at radius 1 is 1.08 bits per heavy atom. The van der Waals surface area contributed by atoms with Crippen molar-refractivity contribution in [2.24, 2.45) is 0 Å². The minimum absolute atomic E-state index is 0.332. The maximum absolute atomic E-state index is 12.4. The summed E-state index contributed by atoms with van der Waals surface area (Å²) in [5.74, 6) is 0.362. The third-order valence-electron chi connectivity index (χ3n) is 4.28. The van der Waals surface area contributed by atoms with E-state index in [2.05, 4.69) is 28.1 Å². The van der Waals surface area contributed by atoms with Crippen molar-refractivity contribution in [3.05, 3.63) is 76.3 Å². The van der Waals surface area contributed by atoms with Gasteiger partial charge in [-0.25, -0.2) is 4.79 Å². The molecule has 0 spiro atoms. The quantitative estimate of drug-likeness (QED) is 0.503. The third kappa shape index (κ3) is 4.25. The number of hydrogen-bond acceptors (Lipinski definition) is 3. The van der Waals surface area contributed by atoms with Crippen LogP contribution < -0.4 is 4.74 Å². The van der Waals surface area contributed by atoms with Crippen molar-refractivity contribution >= 4 is 32.7 Å². The van der Waals surface area contributed by atoms with Crippen LogP contribution >= 0.6 is 15.9 Å². The molecule has 0 N–H and O–H groups in total. The highest BCUT2D eigenvalue weighted by atomic mass is 79.9. The van der Waals surface area contributed by atoms with E-state index in [0.717, 1.165) is 26.4 Å². The van der Waals surface area contributed by atoms with E-state index in [9.17, 15) is 4.79 Å². The predicted octanol–water partition coefficient (Wildman–Crippen LogP) is 5.46. The molecule has 3 nitrogen and oxygen atoms in total. The Kier molecular flexibility index (Phi) is 5.94. The second kappa shape index (κ2) is 8.37. The van der Waals surface area contributed by atoms with Crippen molar-refractivity contribution in [1.29, 1.82) is 0 Å². The van der Waals surface area contributed by atoms with Gasteiger partial charge in [0.05, 0.1) is 6.61 Å². The maximum atomic E-state index is 12.4. The van der Waals surface area contributed by atoms with E-state index in [4.69, 9.17) is 9.47 Å². The summed E-state index contributed by atoms with van der Waals surface area (Å²) >= 11 is 3.50. The van der Waals surface area contributed by atoms with Crippen LogP contribution in [0.15, 0.2) is 65.1 Å². The van der Waals surface area contributed by atoms with Crippen LogP contribution in [0.2, 0.25) is 0 Å². The second-order valence-electron chi connectivity index (χ2n) is 6.10. The Morgan fingerprint density at radius 3 is 2.58 bits per heavy atom. The van der Waals surface area contributed by atoms with Crippen LogP contribution in [0.5, 0.6) is 5.75 Å². The first-order valence-electron chi connectivity index (χ1n) is 8.64. The molecule has 3 rings (SSSR count). The lowest BCUT2D eigenvalue weighted by molar-refractivity contribution is -0.151. The molecule has 0 radical (unpaired) electrons. The lowest BCUT2D eigenvalue weighted by atomic mass is 10.0. The summed E-state index contributed by atoms with van der Waals surface area (Å²) in [5.41, 5.74) is 2.05. The average molecular weight is 413 g/mol. The number of benzene rings is 3. The Balaban J connectivity index is 1.90. The van der Waals surface area contributed by atoms with Crippen molar-refractivity contribution in [3.8, 4) is 5.75 Å². The van der Waals surface area contributed by atoms with E-state index in [1.165, 1.54) is 0 Å². The van der Waals surface area contributed by atoms with Crippen LogP contribution in [0.1, 0.15) is 18.1 Å². The van der Waals surface area contributed by atoms with E-state index in [-0.39, 0.29) is 5.97 Å². The largest absolute Gasteiger partial charge is 0.478 e. The van der Waals surface area contributed by atoms with Gasteiger partial charge in [-0.2, -0.15) is 0 Å². The van der Waals surface area contributed by atoms with Gasteiger partial charge in [0.2, 0.25) is 0 Å². The summed E-state index contributed by atoms with van der Waals surface area (Å²) in [6.07, 6.45) is -0.207. The summed E-state index contributed by atoms with van der Waals surface area (Å²) in [5, 5.41) is 2.23. The van der Waals surface area contributed by atoms with Gasteiger partial charge in [-0.3, -0.25) is 0 Å². The standard InChI is InChI=1S/C22H21BrO3/c1-3-25-22(24)21(13-16-7-5-4-6-8-16)26-20-12-9-17-14-18(23)10-11-19(17)15(20)2/h4-12,14,21H,3,13H2,1-2H3. The smallest absolute Gasteiger partial charge is 0.347 e. The summed E-state index contributed by atoms with van der Waals surface area (Å²) in [6, 6.07) is 19.9. The first kappa shape index (κ1) is 18.5. The SMILES string of the molecule is CCOC(=O)C(Cc1ccccc1)Oc1ccc2cc(Br)ccc2c1C. The van der Waals surface area contributed by atoms with Gasteiger partial charge < -0.3 is 9.47 Å². The number of aryl methyl sites for hydroxylation is 1. The normalized spacial score (nSPS) is 12.0. The van der Waals surface area contributed by atoms with Gasteiger partial charge in [-0.15, -0.1) is 0 Å². The van der Waals surface area contributed by atoms with Crippen LogP contribution in [0.25, 0.3) is 10.8 Å². The number of carbonyl (C=O) groups excluding carboxylic acids is 1. The molecule has 0 aliphatic heterocycles. The van der Waals surface area contributed by atoms with E-state index in [1.54, 1.807) is 6.92 Å². The molecule has 0 saturated carbocycles. The fourth-order valence-corrected chi connectivity index (χ4v) is 3.33. The molecule has 4 heteroatoms. The average Bonchev–Trinajstić information content (AvgIpc) is 2.64. The van der Waals surface area contributed by atoms with Crippen molar-refractivity contribution in [3.63, 3.8) is 0 Å². The number of fused-ring (bicyclic) bond motifs is 1. The highest BCUT2D eigenvalue weighted by Crippen LogP contribution is 2.30. The minimum Gasteiger partial charge on any atom is -0.478 e. The van der Waals surface area contributed by atoms with Crippen LogP contribution in [0.4, 0.5) is 0 Å². The maximum Gasteiger partial charge on any atom is 0.347 e. The number of halogens is 1. The van der Waals surface area contributed by atoms with Gasteiger partial charge in [-0.1, -0.05) is 58.4 Å². The number of rotatable bonds is 6. The summed E-state index contributed by atoms with van der Waals surface area (Å²) in [4.78, 5) is 12.4. The molecule has 26 heavy (non-hydrogen) atoms. The Morgan fingerprint density at radius 2 is 1.85 bits per heavy atom. The van der Waals surface area contributed by atoms with Gasteiger partial charge in [0.25, 0.3) is 0 Å². The first-order valence-corrected chi connectivity index (χ1v) is 9.44. The molecule has 1 unspecified atom stereocenters. The third-order valence-corrected chi connectivity index (χ3v) is 4.78. The van der Waals surface area contributed by atoms with Crippen LogP contribution in [0, 0.1) is 6.92 Å². The summed E-state index contributed by atoms with van der Waals surface area (Å²) < 4.78 is 12.4. The molecular formula is C22H21BrO3. The number of hydrogen-bond donors (Lipinski definition) is 0. The van der Waals surface area contributed by atoms with Gasteiger partial charge in [0.1, 0.15) is 5.75 Å². The molecule has 134 valence electrons. The molecule has 0 saturated heterocycles. The zero-order valence-electron chi connectivity index (χ0n) is 14.9. The summed E-state index contributed by atoms with van der Waals surface area (Å²) in [7, 11) is 0. The second-order valence-corrected chi connectivity index (χ2v) is 7.02. The lowest BCUT2D eigenvalue weighted by Gasteiger charge is -2.20. The van der Waals surface area contributed by atoms with E-state index in [1.807, 2.05) is 55.5 Å². The first-order chi connectivity index (χ1) is 12.6. The Bertz CT molecular complexity index is 906. The number of carbonyl (C=O) groups is 1. The zero-order valence-corrected chi connectivity index (χ0v) is 16.5. The Hall–Kier alpha value is -2.33. The number of ether oxygens (including phenoxy) is 2. The van der Waals surface area contributed by atoms with E-state index < -0.39 is 6.10 Å². The van der Waals surface area contributed by atoms with Crippen LogP contribution in [-0.4, -0.2) is 18.7 Å². The van der Waals surface area contributed by atoms with Gasteiger partial charge in [-0.05, 0) is 53.9 Å². The van der Waals surface area contributed by atoms with Crippen molar-refractivity contribution in [2.75, 3.05) is 6.61 Å². The van der Waals surface area contributed by atoms with Crippen LogP contribution in [0.3, 0.4) is 0 Å². The molecule has 0 bridgehead atoms. The molecule has 0 aliphatic carbocycles. The molecule has 1 atom stereocenters. The summed E-state index contributed by atoms with van der Waals surface area (Å²) in [6.45, 7) is 4.14. The van der Waals surface area contributed by atoms with Crippen molar-refractivity contribution in [2.45, 2.75) is 26.4 Å². The molecule has 0 amide bonds. The molecule has 0 aromatic heterocycles. The van der Waals surface area contributed by atoms with Gasteiger partial charge >= 0.3 is 5.97 Å². The highest BCUT2D eigenvalue weighted by Gasteiger charge is 2.23. The fourth-order valence-electron chi connectivity index (χ4n) is 2.95. The molecular weight excluding hydrogens is 392 g/mol. The molecule has 3 aromatic rings. The monoisotopic (exact) mass is 412 g/mol. The van der Waals surface area contributed by atoms with Gasteiger partial charge in [0, 0.05) is 10.9 Å². The topological polar surface area (TPSA) is 35.5 Å². The van der Waals surface area contributed by atoms with Crippen molar-refractivity contribution in [1.82, 2.24) is 0 Å². The number of esters is 1. The van der Waals surface area contributed by atoms with Crippen LogP contribution in [-0.2, 0) is 16.0 Å². The molecule has 3 aromatic carbocycles. The Labute approximate surface area is 162 Å². The van der Waals surface area contributed by atoms with Crippen molar-refractivity contribution < 1.29 is 14.3 Å². The molecule has 0 fully saturated rings. The highest BCUT2D eigenvalue weighted by molar-refractivity contribution is 9.10. The molecule has 0 heterocycles. The predicted molar refractivity (Wildman–Crippen MR) is 108 cm³/mol. The minimum atomic E-state index is -0.677. The fraction of sp³-hybridized carbons (Fsp3) is 0.227.